The quantitative estimate of drug-likeness (QED) is 0.838. The van der Waals surface area contributed by atoms with Gasteiger partial charge in [0.2, 0.25) is 0 Å². The Morgan fingerprint density at radius 3 is 3.00 bits per heavy atom. The van der Waals surface area contributed by atoms with E-state index in [1.165, 1.54) is 11.4 Å². The van der Waals surface area contributed by atoms with E-state index in [0.717, 1.165) is 30.9 Å². The topological polar surface area (TPSA) is 58.5 Å². The second kappa shape index (κ2) is 3.95. The Morgan fingerprint density at radius 2 is 2.28 bits per heavy atom. The number of aryl methyl sites for hydroxylation is 2. The molecule has 2 aromatic rings. The zero-order chi connectivity index (χ0) is 12.8. The van der Waals surface area contributed by atoms with Gasteiger partial charge in [-0.3, -0.25) is 4.68 Å². The Bertz CT molecular complexity index is 568. The molecule has 5 heteroatoms. The van der Waals surface area contributed by atoms with Gasteiger partial charge < -0.3 is 10.3 Å². The molecule has 18 heavy (non-hydrogen) atoms. The van der Waals surface area contributed by atoms with E-state index in [9.17, 15) is 0 Å². The summed E-state index contributed by atoms with van der Waals surface area (Å²) in [4.78, 5) is 7.72. The van der Waals surface area contributed by atoms with Gasteiger partial charge in [0, 0.05) is 24.4 Å². The summed E-state index contributed by atoms with van der Waals surface area (Å²) in [6.45, 7) is 8.11. The normalized spacial score (nSPS) is 23.1. The fourth-order valence-electron chi connectivity index (χ4n) is 2.80. The minimum atomic E-state index is -0.142. The van der Waals surface area contributed by atoms with E-state index in [1.54, 1.807) is 6.33 Å². The number of aromatic nitrogens is 4. The van der Waals surface area contributed by atoms with Crippen LogP contribution in [-0.4, -0.2) is 26.3 Å². The molecule has 0 unspecified atom stereocenters. The van der Waals surface area contributed by atoms with Gasteiger partial charge in [-0.2, -0.15) is 5.10 Å². The Balaban J connectivity index is 1.96. The lowest BCUT2D eigenvalue weighted by Crippen LogP contribution is -2.48. The van der Waals surface area contributed by atoms with E-state index in [2.05, 4.69) is 45.0 Å². The van der Waals surface area contributed by atoms with Gasteiger partial charge in [0.15, 0.2) is 0 Å². The van der Waals surface area contributed by atoms with E-state index < -0.39 is 0 Å². The fourth-order valence-corrected chi connectivity index (χ4v) is 2.80. The molecule has 0 saturated heterocycles. The van der Waals surface area contributed by atoms with E-state index in [0.29, 0.717) is 0 Å². The molecular formula is C13H19N5. The van der Waals surface area contributed by atoms with Crippen LogP contribution in [0.3, 0.4) is 0 Å². The summed E-state index contributed by atoms with van der Waals surface area (Å²) in [5.74, 6) is 0. The second-order valence-corrected chi connectivity index (χ2v) is 5.32. The number of hydrogen-bond donors (Lipinski definition) is 2. The summed E-state index contributed by atoms with van der Waals surface area (Å²) in [5.41, 5.74) is 4.49. The smallest absolute Gasteiger partial charge is 0.0926 e. The number of fused-ring (bicyclic) bond motifs is 1. The van der Waals surface area contributed by atoms with Crippen LogP contribution in [0.2, 0.25) is 0 Å². The van der Waals surface area contributed by atoms with Crippen molar-refractivity contribution in [3.05, 3.63) is 35.2 Å². The molecule has 3 rings (SSSR count). The van der Waals surface area contributed by atoms with Crippen LogP contribution < -0.4 is 5.32 Å². The lowest BCUT2D eigenvalue weighted by molar-refractivity contribution is 0.277. The SMILES string of the molecule is Cc1cc(C)n(C[C@]2(C)NCCc3[nH]cnc32)n1. The minimum Gasteiger partial charge on any atom is -0.348 e. The van der Waals surface area contributed by atoms with Crippen molar-refractivity contribution in [1.82, 2.24) is 25.1 Å². The zero-order valence-electron chi connectivity index (χ0n) is 11.1. The van der Waals surface area contributed by atoms with Gasteiger partial charge in [-0.05, 0) is 26.8 Å². The van der Waals surface area contributed by atoms with Gasteiger partial charge in [0.1, 0.15) is 0 Å². The first-order valence-corrected chi connectivity index (χ1v) is 6.37. The number of hydrogen-bond acceptors (Lipinski definition) is 3. The predicted octanol–water partition coefficient (Wildman–Crippen LogP) is 1.28. The van der Waals surface area contributed by atoms with Gasteiger partial charge in [0.25, 0.3) is 0 Å². The van der Waals surface area contributed by atoms with Crippen LogP contribution in [0.4, 0.5) is 0 Å². The van der Waals surface area contributed by atoms with Gasteiger partial charge >= 0.3 is 0 Å². The summed E-state index contributed by atoms with van der Waals surface area (Å²) in [6, 6.07) is 2.11. The van der Waals surface area contributed by atoms with Crippen LogP contribution in [0, 0.1) is 13.8 Å². The van der Waals surface area contributed by atoms with Crippen molar-refractivity contribution in [2.45, 2.75) is 39.3 Å². The number of H-pyrrole nitrogens is 1. The van der Waals surface area contributed by atoms with Crippen LogP contribution >= 0.6 is 0 Å². The molecule has 2 aromatic heterocycles. The van der Waals surface area contributed by atoms with Crippen LogP contribution in [-0.2, 0) is 18.5 Å². The van der Waals surface area contributed by atoms with E-state index in [-0.39, 0.29) is 5.54 Å². The lowest BCUT2D eigenvalue weighted by atomic mass is 9.91. The Kier molecular flexibility index (Phi) is 2.52. The van der Waals surface area contributed by atoms with Crippen LogP contribution in [0.25, 0.3) is 0 Å². The molecule has 0 bridgehead atoms. The number of aromatic amines is 1. The molecular weight excluding hydrogens is 226 g/mol. The summed E-state index contributed by atoms with van der Waals surface area (Å²) < 4.78 is 2.06. The van der Waals surface area contributed by atoms with Crippen LogP contribution in [0.15, 0.2) is 12.4 Å². The Morgan fingerprint density at radius 1 is 1.44 bits per heavy atom. The molecule has 0 radical (unpaired) electrons. The molecule has 0 aromatic carbocycles. The lowest BCUT2D eigenvalue weighted by Gasteiger charge is -2.34. The molecule has 0 spiro atoms. The molecule has 1 atom stereocenters. The molecule has 0 amide bonds. The summed E-state index contributed by atoms with van der Waals surface area (Å²) in [6.07, 6.45) is 2.80. The van der Waals surface area contributed by atoms with Crippen molar-refractivity contribution in [1.29, 1.82) is 0 Å². The van der Waals surface area contributed by atoms with Crippen molar-refractivity contribution < 1.29 is 0 Å². The first-order chi connectivity index (χ1) is 8.58. The monoisotopic (exact) mass is 245 g/mol. The highest BCUT2D eigenvalue weighted by molar-refractivity contribution is 5.24. The van der Waals surface area contributed by atoms with Gasteiger partial charge in [-0.1, -0.05) is 0 Å². The minimum absolute atomic E-state index is 0.142. The maximum absolute atomic E-state index is 4.55. The van der Waals surface area contributed by atoms with Crippen molar-refractivity contribution >= 4 is 0 Å². The first kappa shape index (κ1) is 11.5. The number of rotatable bonds is 2. The third-order valence-corrected chi connectivity index (χ3v) is 3.70. The van der Waals surface area contributed by atoms with Crippen LogP contribution in [0.1, 0.15) is 29.7 Å². The van der Waals surface area contributed by atoms with Crippen molar-refractivity contribution in [3.63, 3.8) is 0 Å². The molecule has 3 heterocycles. The molecule has 0 fully saturated rings. The average molecular weight is 245 g/mol. The highest BCUT2D eigenvalue weighted by Gasteiger charge is 2.35. The molecule has 5 nitrogen and oxygen atoms in total. The van der Waals surface area contributed by atoms with Gasteiger partial charge in [0.05, 0.1) is 29.8 Å². The molecule has 96 valence electrons. The van der Waals surface area contributed by atoms with E-state index in [1.807, 2.05) is 6.92 Å². The van der Waals surface area contributed by atoms with E-state index in [4.69, 9.17) is 0 Å². The standard InChI is InChI=1S/C13H19N5/c1-9-6-10(2)18(17-9)7-13(3)12-11(4-5-16-13)14-8-15-12/h6,8,16H,4-5,7H2,1-3H3,(H,14,15)/t13-/m0/s1. The molecule has 0 aliphatic carbocycles. The Labute approximate surface area is 107 Å². The number of nitrogens with one attached hydrogen (secondary N) is 2. The fraction of sp³-hybridized carbons (Fsp3) is 0.538. The zero-order valence-corrected chi connectivity index (χ0v) is 11.1. The molecule has 0 saturated carbocycles. The molecule has 1 aliphatic heterocycles. The van der Waals surface area contributed by atoms with Crippen molar-refractivity contribution in [2.75, 3.05) is 6.54 Å². The highest BCUT2D eigenvalue weighted by atomic mass is 15.3. The van der Waals surface area contributed by atoms with Crippen molar-refractivity contribution in [2.24, 2.45) is 0 Å². The maximum atomic E-state index is 4.55. The second-order valence-electron chi connectivity index (χ2n) is 5.32. The third-order valence-electron chi connectivity index (χ3n) is 3.70. The van der Waals surface area contributed by atoms with Gasteiger partial charge in [-0.25, -0.2) is 4.98 Å². The molecule has 1 aliphatic rings. The molecule has 2 N–H and O–H groups in total. The third kappa shape index (κ3) is 1.75. The van der Waals surface area contributed by atoms with E-state index >= 15 is 0 Å². The van der Waals surface area contributed by atoms with Gasteiger partial charge in [-0.15, -0.1) is 0 Å². The number of imidazole rings is 1. The number of nitrogens with zero attached hydrogens (tertiary/aromatic N) is 3. The first-order valence-electron chi connectivity index (χ1n) is 6.37. The predicted molar refractivity (Wildman–Crippen MR) is 69.3 cm³/mol. The average Bonchev–Trinajstić information content (AvgIpc) is 2.87. The summed E-state index contributed by atoms with van der Waals surface area (Å²) >= 11 is 0. The summed E-state index contributed by atoms with van der Waals surface area (Å²) in [5, 5.41) is 8.12. The maximum Gasteiger partial charge on any atom is 0.0926 e. The van der Waals surface area contributed by atoms with Crippen molar-refractivity contribution in [3.8, 4) is 0 Å². The highest BCUT2D eigenvalue weighted by Crippen LogP contribution is 2.27. The largest absolute Gasteiger partial charge is 0.348 e. The Hall–Kier alpha value is -1.62. The van der Waals surface area contributed by atoms with Crippen LogP contribution in [0.5, 0.6) is 0 Å². The summed E-state index contributed by atoms with van der Waals surface area (Å²) in [7, 11) is 0.